The van der Waals surface area contributed by atoms with Crippen LogP contribution in [-0.4, -0.2) is 16.9 Å². The number of carbonyl (C=O) groups is 2. The number of ether oxygens (including phenoxy) is 1. The number of hydrogen-bond acceptors (Lipinski definition) is 7. The molecule has 1 fully saturated rings. The van der Waals surface area contributed by atoms with Gasteiger partial charge in [0.05, 0.1) is 5.92 Å². The lowest BCUT2D eigenvalue weighted by molar-refractivity contribution is -0.135. The Morgan fingerprint density at radius 3 is 2.62 bits per heavy atom. The van der Waals surface area contributed by atoms with E-state index in [-0.39, 0.29) is 23.6 Å². The second kappa shape index (κ2) is 7.73. The van der Waals surface area contributed by atoms with Crippen molar-refractivity contribution < 1.29 is 14.3 Å². The third-order valence-electron chi connectivity index (χ3n) is 3.74. The van der Waals surface area contributed by atoms with Crippen LogP contribution in [-0.2, 0) is 9.59 Å². The van der Waals surface area contributed by atoms with E-state index in [1.54, 1.807) is 43.3 Å². The molecule has 1 heterocycles. The number of rotatable bonds is 6. The van der Waals surface area contributed by atoms with Gasteiger partial charge in [-0.3, -0.25) is 9.59 Å². The second-order valence-electron chi connectivity index (χ2n) is 5.87. The first kappa shape index (κ1) is 17.5. The van der Waals surface area contributed by atoms with Crippen LogP contribution < -0.4 is 15.8 Å². The summed E-state index contributed by atoms with van der Waals surface area (Å²) in [6.07, 6.45) is 2.08. The van der Waals surface area contributed by atoms with Gasteiger partial charge < -0.3 is 15.8 Å². The first-order valence-electron chi connectivity index (χ1n) is 8.35. The summed E-state index contributed by atoms with van der Waals surface area (Å²) >= 11 is 0. The number of nitrogens with zero attached hydrogens (tertiary/aromatic N) is 3. The van der Waals surface area contributed by atoms with Crippen molar-refractivity contribution >= 4 is 34.9 Å². The van der Waals surface area contributed by atoms with Gasteiger partial charge in [-0.2, -0.15) is 0 Å². The third kappa shape index (κ3) is 4.41. The number of nitrogens with two attached hydrogens (primary N) is 1. The summed E-state index contributed by atoms with van der Waals surface area (Å²) in [5.74, 6) is 0.432. The molecule has 3 rings (SSSR count). The molecule has 8 heteroatoms. The number of benzene rings is 1. The van der Waals surface area contributed by atoms with Crippen molar-refractivity contribution in [1.82, 2.24) is 4.98 Å². The topological polar surface area (TPSA) is 119 Å². The summed E-state index contributed by atoms with van der Waals surface area (Å²) in [4.78, 5) is 27.3. The number of esters is 1. The number of amides is 1. The molecule has 1 aromatic carbocycles. The fourth-order valence-electron chi connectivity index (χ4n) is 2.10. The number of hydrogen-bond donors (Lipinski definition) is 2. The Hall–Kier alpha value is -3.29. The third-order valence-corrected chi connectivity index (χ3v) is 3.74. The van der Waals surface area contributed by atoms with Gasteiger partial charge in [0.1, 0.15) is 17.2 Å². The summed E-state index contributed by atoms with van der Waals surface area (Å²) < 4.78 is 5.38. The van der Waals surface area contributed by atoms with Crippen LogP contribution in [0.1, 0.15) is 26.2 Å². The molecule has 1 aliphatic carbocycles. The van der Waals surface area contributed by atoms with E-state index < -0.39 is 0 Å². The van der Waals surface area contributed by atoms with Gasteiger partial charge in [0.25, 0.3) is 0 Å². The minimum absolute atomic E-state index is 0.00860. The Labute approximate surface area is 150 Å². The highest BCUT2D eigenvalue weighted by Crippen LogP contribution is 2.34. The fourth-order valence-corrected chi connectivity index (χ4v) is 2.10. The Kier molecular flexibility index (Phi) is 5.21. The Morgan fingerprint density at radius 1 is 1.19 bits per heavy atom. The minimum atomic E-state index is -0.246. The van der Waals surface area contributed by atoms with Crippen LogP contribution in [0.3, 0.4) is 0 Å². The summed E-state index contributed by atoms with van der Waals surface area (Å²) in [5, 5.41) is 10.8. The molecule has 0 aliphatic heterocycles. The molecule has 1 aromatic heterocycles. The van der Waals surface area contributed by atoms with E-state index in [2.05, 4.69) is 20.5 Å². The van der Waals surface area contributed by atoms with E-state index in [0.717, 1.165) is 12.8 Å². The molecule has 1 amide bonds. The Bertz CT molecular complexity index is 862. The van der Waals surface area contributed by atoms with Crippen LogP contribution >= 0.6 is 0 Å². The van der Waals surface area contributed by atoms with Crippen LogP contribution in [0.2, 0.25) is 0 Å². The van der Waals surface area contributed by atoms with Crippen LogP contribution in [0.5, 0.6) is 5.75 Å². The van der Waals surface area contributed by atoms with Crippen LogP contribution in [0, 0.1) is 5.92 Å². The molecular formula is C18H19N5O3. The largest absolute Gasteiger partial charge is 0.424 e. The number of carbonyl (C=O) groups excluding carboxylic acids is 2. The summed E-state index contributed by atoms with van der Waals surface area (Å²) in [6, 6.07) is 10.1. The van der Waals surface area contributed by atoms with E-state index in [1.165, 1.54) is 0 Å². The number of azo groups is 1. The SMILES string of the molecule is CCC(=O)Nc1ccc(N=Nc2ccccc2OC(=O)C2CC2)c(N)n1. The molecule has 0 spiro atoms. The van der Waals surface area contributed by atoms with Gasteiger partial charge in [-0.05, 0) is 37.1 Å². The Morgan fingerprint density at radius 2 is 1.92 bits per heavy atom. The maximum atomic E-state index is 11.8. The lowest BCUT2D eigenvalue weighted by atomic mass is 10.3. The number of aromatic nitrogens is 1. The number of nitrogen functional groups attached to an aromatic ring is 1. The zero-order valence-corrected chi connectivity index (χ0v) is 14.3. The molecule has 0 radical (unpaired) electrons. The van der Waals surface area contributed by atoms with Gasteiger partial charge in [-0.1, -0.05) is 19.1 Å². The number of para-hydroxylation sites is 1. The smallest absolute Gasteiger partial charge is 0.314 e. The highest BCUT2D eigenvalue weighted by Gasteiger charge is 2.32. The molecule has 1 aliphatic rings. The van der Waals surface area contributed by atoms with Crippen LogP contribution in [0.4, 0.5) is 23.0 Å². The summed E-state index contributed by atoms with van der Waals surface area (Å²) in [6.45, 7) is 1.74. The molecular weight excluding hydrogens is 334 g/mol. The fraction of sp³-hybridized carbons (Fsp3) is 0.278. The zero-order chi connectivity index (χ0) is 18.5. The predicted octanol–water partition coefficient (Wildman–Crippen LogP) is 3.74. The van der Waals surface area contributed by atoms with Crippen molar-refractivity contribution in [3.05, 3.63) is 36.4 Å². The quantitative estimate of drug-likeness (QED) is 0.466. The molecule has 8 nitrogen and oxygen atoms in total. The van der Waals surface area contributed by atoms with Crippen molar-refractivity contribution in [2.75, 3.05) is 11.1 Å². The predicted molar refractivity (Wildman–Crippen MR) is 96.5 cm³/mol. The van der Waals surface area contributed by atoms with Crippen LogP contribution in [0.25, 0.3) is 0 Å². The van der Waals surface area contributed by atoms with Gasteiger partial charge in [0.2, 0.25) is 5.91 Å². The highest BCUT2D eigenvalue weighted by molar-refractivity contribution is 5.89. The van der Waals surface area contributed by atoms with E-state index >= 15 is 0 Å². The van der Waals surface area contributed by atoms with Gasteiger partial charge in [-0.25, -0.2) is 4.98 Å². The monoisotopic (exact) mass is 353 g/mol. The van der Waals surface area contributed by atoms with Crippen LogP contribution in [0.15, 0.2) is 46.6 Å². The van der Waals surface area contributed by atoms with Crippen molar-refractivity contribution in [3.8, 4) is 5.75 Å². The maximum Gasteiger partial charge on any atom is 0.314 e. The molecule has 3 N–H and O–H groups in total. The maximum absolute atomic E-state index is 11.8. The molecule has 1 saturated carbocycles. The van der Waals surface area contributed by atoms with E-state index in [9.17, 15) is 9.59 Å². The van der Waals surface area contributed by atoms with Crippen molar-refractivity contribution in [2.24, 2.45) is 16.1 Å². The van der Waals surface area contributed by atoms with Crippen molar-refractivity contribution in [1.29, 1.82) is 0 Å². The van der Waals surface area contributed by atoms with E-state index in [1.807, 2.05) is 0 Å². The standard InChI is InChI=1S/C18H19N5O3/c1-2-16(24)20-15-10-9-13(17(19)21-15)23-22-12-5-3-4-6-14(12)26-18(25)11-7-8-11/h3-6,9-11H,2,7-8H2,1H3,(H3,19,20,21,24). The summed E-state index contributed by atoms with van der Waals surface area (Å²) in [7, 11) is 0. The molecule has 26 heavy (non-hydrogen) atoms. The average Bonchev–Trinajstić information content (AvgIpc) is 3.47. The zero-order valence-electron chi connectivity index (χ0n) is 14.3. The molecule has 0 bridgehead atoms. The van der Waals surface area contributed by atoms with Gasteiger partial charge in [0.15, 0.2) is 11.6 Å². The van der Waals surface area contributed by atoms with Gasteiger partial charge >= 0.3 is 5.97 Å². The van der Waals surface area contributed by atoms with E-state index in [4.69, 9.17) is 10.5 Å². The molecule has 2 aromatic rings. The molecule has 0 unspecified atom stereocenters. The highest BCUT2D eigenvalue weighted by atomic mass is 16.5. The first-order valence-corrected chi connectivity index (χ1v) is 8.35. The molecule has 0 saturated heterocycles. The lowest BCUT2D eigenvalue weighted by Gasteiger charge is -2.06. The average molecular weight is 353 g/mol. The number of anilines is 2. The number of nitrogens with one attached hydrogen (secondary N) is 1. The van der Waals surface area contributed by atoms with Gasteiger partial charge in [-0.15, -0.1) is 10.2 Å². The van der Waals surface area contributed by atoms with Crippen molar-refractivity contribution in [2.45, 2.75) is 26.2 Å². The molecule has 134 valence electrons. The Balaban J connectivity index is 1.75. The molecule has 0 atom stereocenters. The first-order chi connectivity index (χ1) is 12.6. The van der Waals surface area contributed by atoms with Gasteiger partial charge in [0, 0.05) is 6.42 Å². The second-order valence-corrected chi connectivity index (χ2v) is 5.87. The van der Waals surface area contributed by atoms with Crippen molar-refractivity contribution in [3.63, 3.8) is 0 Å². The lowest BCUT2D eigenvalue weighted by Crippen LogP contribution is -2.11. The summed E-state index contributed by atoms with van der Waals surface area (Å²) in [5.41, 5.74) is 6.64. The number of pyridine rings is 1. The van der Waals surface area contributed by atoms with E-state index in [0.29, 0.717) is 29.4 Å². The minimum Gasteiger partial charge on any atom is -0.424 e. The normalized spacial score (nSPS) is 13.6.